The molecule has 2 aliphatic rings. The van der Waals surface area contributed by atoms with Crippen LogP contribution >= 0.6 is 0 Å². The Labute approximate surface area is 136 Å². The molecule has 2 aromatic rings. The molecule has 1 saturated carbocycles. The van der Waals surface area contributed by atoms with Crippen molar-refractivity contribution in [3.8, 4) is 0 Å². The van der Waals surface area contributed by atoms with Crippen molar-refractivity contribution in [1.29, 1.82) is 0 Å². The maximum atomic E-state index is 13.3. The topological polar surface area (TPSA) is 51.3 Å². The highest BCUT2D eigenvalue weighted by molar-refractivity contribution is 6.09. The predicted molar refractivity (Wildman–Crippen MR) is 91.9 cm³/mol. The van der Waals surface area contributed by atoms with Crippen LogP contribution < -0.4 is 10.7 Å². The monoisotopic (exact) mass is 307 g/mol. The van der Waals surface area contributed by atoms with Crippen molar-refractivity contribution in [2.75, 3.05) is 10.7 Å². The van der Waals surface area contributed by atoms with Crippen molar-refractivity contribution in [2.45, 2.75) is 37.6 Å². The van der Waals surface area contributed by atoms with Crippen molar-refractivity contribution in [1.82, 2.24) is 4.68 Å². The van der Waals surface area contributed by atoms with Crippen molar-refractivity contribution in [3.05, 3.63) is 66.0 Å². The van der Waals surface area contributed by atoms with E-state index in [0.717, 1.165) is 43.2 Å². The molecule has 4 nitrogen and oxygen atoms in total. The SMILES string of the molecule is C=C1CCCC[C@@]12Cc1cccc(N)c1C(=O)N2n1cccc1. The molecule has 0 unspecified atom stereocenters. The van der Waals surface area contributed by atoms with E-state index in [1.165, 1.54) is 0 Å². The van der Waals surface area contributed by atoms with Crippen molar-refractivity contribution in [3.63, 3.8) is 0 Å². The summed E-state index contributed by atoms with van der Waals surface area (Å²) in [6.45, 7) is 4.34. The van der Waals surface area contributed by atoms with Crippen LogP contribution in [0.5, 0.6) is 0 Å². The number of rotatable bonds is 1. The Hall–Kier alpha value is -2.49. The minimum Gasteiger partial charge on any atom is -0.398 e. The maximum absolute atomic E-state index is 13.3. The molecular formula is C19H21N3O. The van der Waals surface area contributed by atoms with E-state index in [2.05, 4.69) is 6.58 Å². The van der Waals surface area contributed by atoms with Gasteiger partial charge in [0.15, 0.2) is 0 Å². The summed E-state index contributed by atoms with van der Waals surface area (Å²) in [4.78, 5) is 13.3. The highest BCUT2D eigenvalue weighted by Crippen LogP contribution is 2.44. The van der Waals surface area contributed by atoms with Crippen LogP contribution in [0, 0.1) is 0 Å². The normalized spacial score (nSPS) is 24.1. The Morgan fingerprint density at radius 1 is 1.13 bits per heavy atom. The first-order chi connectivity index (χ1) is 11.1. The highest BCUT2D eigenvalue weighted by atomic mass is 16.2. The van der Waals surface area contributed by atoms with Gasteiger partial charge in [-0.2, -0.15) is 0 Å². The van der Waals surface area contributed by atoms with Gasteiger partial charge in [0, 0.05) is 24.5 Å². The van der Waals surface area contributed by atoms with Crippen LogP contribution in [0.2, 0.25) is 0 Å². The van der Waals surface area contributed by atoms with Gasteiger partial charge >= 0.3 is 0 Å². The van der Waals surface area contributed by atoms with Crippen LogP contribution in [0.15, 0.2) is 54.9 Å². The second-order valence-corrected chi connectivity index (χ2v) is 6.58. The van der Waals surface area contributed by atoms with E-state index >= 15 is 0 Å². The maximum Gasteiger partial charge on any atom is 0.275 e. The van der Waals surface area contributed by atoms with Gasteiger partial charge in [-0.15, -0.1) is 0 Å². The number of carbonyl (C=O) groups excluding carboxylic acids is 1. The number of benzene rings is 1. The number of anilines is 1. The van der Waals surface area contributed by atoms with Gasteiger partial charge in [-0.25, -0.2) is 5.01 Å². The Kier molecular flexibility index (Phi) is 3.08. The van der Waals surface area contributed by atoms with Gasteiger partial charge in [0.25, 0.3) is 5.91 Å². The average molecular weight is 307 g/mol. The van der Waals surface area contributed by atoms with E-state index in [1.54, 1.807) is 6.07 Å². The van der Waals surface area contributed by atoms with E-state index in [9.17, 15) is 4.79 Å². The Bertz CT molecular complexity index is 778. The molecule has 2 N–H and O–H groups in total. The van der Waals surface area contributed by atoms with Gasteiger partial charge in [0.1, 0.15) is 0 Å². The minimum absolute atomic E-state index is 0.0244. The minimum atomic E-state index is -0.338. The molecule has 1 amide bonds. The van der Waals surface area contributed by atoms with Crippen LogP contribution in [0.3, 0.4) is 0 Å². The number of amides is 1. The van der Waals surface area contributed by atoms with Crippen molar-refractivity contribution in [2.24, 2.45) is 0 Å². The lowest BCUT2D eigenvalue weighted by Gasteiger charge is -2.51. The molecule has 1 atom stereocenters. The van der Waals surface area contributed by atoms with E-state index in [0.29, 0.717) is 11.3 Å². The molecule has 0 bridgehead atoms. The average Bonchev–Trinajstić information content (AvgIpc) is 3.04. The van der Waals surface area contributed by atoms with Gasteiger partial charge < -0.3 is 5.73 Å². The summed E-state index contributed by atoms with van der Waals surface area (Å²) < 4.78 is 1.90. The summed E-state index contributed by atoms with van der Waals surface area (Å²) in [5.74, 6) is -0.0244. The van der Waals surface area contributed by atoms with E-state index < -0.39 is 0 Å². The lowest BCUT2D eigenvalue weighted by Crippen LogP contribution is -2.63. The molecule has 4 rings (SSSR count). The number of nitrogens with zero attached hydrogens (tertiary/aromatic N) is 2. The number of fused-ring (bicyclic) bond motifs is 1. The van der Waals surface area contributed by atoms with E-state index in [4.69, 9.17) is 5.73 Å². The number of nitrogen functional groups attached to an aromatic ring is 1. The third-order valence-electron chi connectivity index (χ3n) is 5.27. The largest absolute Gasteiger partial charge is 0.398 e. The third-order valence-corrected chi connectivity index (χ3v) is 5.27. The first-order valence-corrected chi connectivity index (χ1v) is 8.17. The smallest absolute Gasteiger partial charge is 0.275 e. The van der Waals surface area contributed by atoms with Gasteiger partial charge in [0.05, 0.1) is 11.1 Å². The summed E-state index contributed by atoms with van der Waals surface area (Å²) in [6.07, 6.45) is 8.82. The Morgan fingerprint density at radius 3 is 2.65 bits per heavy atom. The lowest BCUT2D eigenvalue weighted by molar-refractivity contribution is 0.0893. The first-order valence-electron chi connectivity index (χ1n) is 8.17. The summed E-state index contributed by atoms with van der Waals surface area (Å²) in [5.41, 5.74) is 9.18. The third kappa shape index (κ3) is 1.94. The van der Waals surface area contributed by atoms with Gasteiger partial charge in [-0.3, -0.25) is 9.47 Å². The molecule has 0 saturated heterocycles. The summed E-state index contributed by atoms with van der Waals surface area (Å²) in [7, 11) is 0. The zero-order valence-corrected chi connectivity index (χ0v) is 13.2. The Morgan fingerprint density at radius 2 is 1.91 bits per heavy atom. The molecule has 118 valence electrons. The van der Waals surface area contributed by atoms with Gasteiger partial charge in [0.2, 0.25) is 0 Å². The molecule has 1 spiro atoms. The van der Waals surface area contributed by atoms with Crippen LogP contribution in [-0.4, -0.2) is 16.1 Å². The zero-order chi connectivity index (χ0) is 16.0. The number of aromatic nitrogens is 1. The van der Waals surface area contributed by atoms with E-state index in [1.807, 2.05) is 46.3 Å². The fourth-order valence-electron chi connectivity index (χ4n) is 4.14. The number of hydrogen-bond acceptors (Lipinski definition) is 2. The lowest BCUT2D eigenvalue weighted by atomic mass is 9.71. The van der Waals surface area contributed by atoms with Crippen LogP contribution in [-0.2, 0) is 6.42 Å². The summed E-state index contributed by atoms with van der Waals surface area (Å²) >= 11 is 0. The van der Waals surface area contributed by atoms with Crippen LogP contribution in [0.25, 0.3) is 0 Å². The Balaban J connectivity index is 1.94. The number of hydrogen-bond donors (Lipinski definition) is 1. The van der Waals surface area contributed by atoms with Gasteiger partial charge in [-0.1, -0.05) is 25.1 Å². The molecule has 0 radical (unpaired) electrons. The fraction of sp³-hybridized carbons (Fsp3) is 0.316. The molecule has 1 aliphatic heterocycles. The highest BCUT2D eigenvalue weighted by Gasteiger charge is 2.49. The predicted octanol–water partition coefficient (Wildman–Crippen LogP) is 3.27. The molecule has 1 aromatic carbocycles. The molecule has 23 heavy (non-hydrogen) atoms. The quantitative estimate of drug-likeness (QED) is 0.649. The van der Waals surface area contributed by atoms with Gasteiger partial charge in [-0.05, 0) is 48.6 Å². The first kappa shape index (κ1) is 14.1. The molecule has 1 aliphatic carbocycles. The summed E-state index contributed by atoms with van der Waals surface area (Å²) in [6, 6.07) is 9.65. The molecule has 1 fully saturated rings. The molecule has 1 aromatic heterocycles. The van der Waals surface area contributed by atoms with Crippen LogP contribution in [0.1, 0.15) is 41.6 Å². The number of nitrogens with two attached hydrogens (primary N) is 1. The number of carbonyl (C=O) groups is 1. The zero-order valence-electron chi connectivity index (χ0n) is 13.2. The van der Waals surface area contributed by atoms with E-state index in [-0.39, 0.29) is 11.4 Å². The second-order valence-electron chi connectivity index (χ2n) is 6.58. The van der Waals surface area contributed by atoms with Crippen LogP contribution in [0.4, 0.5) is 5.69 Å². The standard InChI is InChI=1S/C19H21N3O/c1-14-7-2-3-10-19(14)13-15-8-6-9-16(20)17(15)18(23)22(19)21-11-4-5-12-21/h4-6,8-9,11-12H,1-3,7,10,13,20H2/t19-/m1/s1. The van der Waals surface area contributed by atoms with Crippen molar-refractivity contribution >= 4 is 11.6 Å². The molecular weight excluding hydrogens is 286 g/mol. The molecule has 2 heterocycles. The molecule has 4 heteroatoms. The van der Waals surface area contributed by atoms with Crippen molar-refractivity contribution < 1.29 is 4.79 Å². The summed E-state index contributed by atoms with van der Waals surface area (Å²) in [5, 5.41) is 1.88. The fourth-order valence-corrected chi connectivity index (χ4v) is 4.14. The second kappa shape index (κ2) is 5.01.